The Morgan fingerprint density at radius 3 is 2.18 bits per heavy atom. The third-order valence-corrected chi connectivity index (χ3v) is 2.59. The largest absolute Gasteiger partial charge is 0.300 e. The van der Waals surface area contributed by atoms with Crippen molar-refractivity contribution in [2.45, 2.75) is 13.8 Å². The van der Waals surface area contributed by atoms with Gasteiger partial charge in [-0.25, -0.2) is 22.5 Å². The second-order valence-electron chi connectivity index (χ2n) is 3.60. The fourth-order valence-corrected chi connectivity index (χ4v) is 1.48. The van der Waals surface area contributed by atoms with Gasteiger partial charge in [0.2, 0.25) is 0 Å². The minimum absolute atomic E-state index is 0.403. The van der Waals surface area contributed by atoms with Gasteiger partial charge in [-0.1, -0.05) is 0 Å². The van der Waals surface area contributed by atoms with E-state index in [0.717, 1.165) is 4.57 Å². The lowest BCUT2D eigenvalue weighted by Crippen LogP contribution is -2.05. The van der Waals surface area contributed by atoms with Gasteiger partial charge < -0.3 is 4.57 Å². The van der Waals surface area contributed by atoms with Crippen LogP contribution in [0.2, 0.25) is 0 Å². The minimum Gasteiger partial charge on any atom is -0.300 e. The molecule has 0 spiro atoms. The summed E-state index contributed by atoms with van der Waals surface area (Å²) in [5, 5.41) is 0. The molecule has 0 atom stereocenters. The van der Waals surface area contributed by atoms with Gasteiger partial charge in [-0.2, -0.15) is 0 Å². The van der Waals surface area contributed by atoms with E-state index < -0.39 is 29.0 Å². The van der Waals surface area contributed by atoms with E-state index in [-0.39, 0.29) is 0 Å². The molecule has 0 aliphatic heterocycles. The van der Waals surface area contributed by atoms with Crippen LogP contribution in [0.15, 0.2) is 12.4 Å². The van der Waals surface area contributed by atoms with E-state index in [1.54, 1.807) is 13.8 Å². The Balaban J connectivity index is 2.73. The second-order valence-corrected chi connectivity index (χ2v) is 3.60. The van der Waals surface area contributed by atoms with Crippen LogP contribution in [0.5, 0.6) is 0 Å². The van der Waals surface area contributed by atoms with Crippen LogP contribution in [0, 0.1) is 37.1 Å². The lowest BCUT2D eigenvalue weighted by Gasteiger charge is -2.08. The van der Waals surface area contributed by atoms with E-state index in [4.69, 9.17) is 0 Å². The van der Waals surface area contributed by atoms with Crippen molar-refractivity contribution in [2.24, 2.45) is 0 Å². The lowest BCUT2D eigenvalue weighted by molar-refractivity contribution is 0.407. The molecule has 17 heavy (non-hydrogen) atoms. The first-order valence-electron chi connectivity index (χ1n) is 4.77. The van der Waals surface area contributed by atoms with Crippen molar-refractivity contribution >= 4 is 0 Å². The molecule has 2 aromatic rings. The Hall–Kier alpha value is -1.85. The predicted octanol–water partition coefficient (Wildman–Crippen LogP) is 3.05. The standard InChI is InChI=1S/C11H8F4N2/c1-5-6(2)17(4-16-5)8-3-7(12)9(13)11(15)10(8)14/h3-4H,1-2H3. The first-order chi connectivity index (χ1) is 7.93. The summed E-state index contributed by atoms with van der Waals surface area (Å²) in [7, 11) is 0. The molecule has 0 saturated heterocycles. The van der Waals surface area contributed by atoms with Crippen LogP contribution in [0.3, 0.4) is 0 Å². The summed E-state index contributed by atoms with van der Waals surface area (Å²) in [6.07, 6.45) is 1.22. The molecule has 0 aliphatic carbocycles. The van der Waals surface area contributed by atoms with E-state index in [1.165, 1.54) is 6.33 Å². The molecular weight excluding hydrogens is 236 g/mol. The number of rotatable bonds is 1. The first-order valence-corrected chi connectivity index (χ1v) is 4.77. The van der Waals surface area contributed by atoms with Crippen LogP contribution in [-0.4, -0.2) is 9.55 Å². The van der Waals surface area contributed by atoms with Crippen LogP contribution in [0.25, 0.3) is 5.69 Å². The molecule has 0 unspecified atom stereocenters. The van der Waals surface area contributed by atoms with Gasteiger partial charge in [0, 0.05) is 11.8 Å². The Morgan fingerprint density at radius 1 is 1.00 bits per heavy atom. The second kappa shape index (κ2) is 3.87. The molecule has 6 heteroatoms. The lowest BCUT2D eigenvalue weighted by atomic mass is 10.2. The average Bonchev–Trinajstić information content (AvgIpc) is 2.62. The molecule has 2 nitrogen and oxygen atoms in total. The molecule has 0 bridgehead atoms. The zero-order valence-corrected chi connectivity index (χ0v) is 9.06. The molecule has 0 fully saturated rings. The van der Waals surface area contributed by atoms with Gasteiger partial charge in [0.05, 0.1) is 17.7 Å². The topological polar surface area (TPSA) is 17.8 Å². The fourth-order valence-electron chi connectivity index (χ4n) is 1.48. The number of aromatic nitrogens is 2. The molecule has 1 heterocycles. The Bertz CT molecular complexity index is 590. The fraction of sp³-hybridized carbons (Fsp3) is 0.182. The third-order valence-electron chi connectivity index (χ3n) is 2.59. The normalized spacial score (nSPS) is 10.9. The van der Waals surface area contributed by atoms with Gasteiger partial charge in [-0.15, -0.1) is 0 Å². The van der Waals surface area contributed by atoms with E-state index in [1.807, 2.05) is 0 Å². The maximum Gasteiger partial charge on any atom is 0.199 e. The van der Waals surface area contributed by atoms with E-state index in [0.29, 0.717) is 17.5 Å². The van der Waals surface area contributed by atoms with Crippen molar-refractivity contribution in [3.63, 3.8) is 0 Å². The van der Waals surface area contributed by atoms with Gasteiger partial charge in [0.25, 0.3) is 0 Å². The summed E-state index contributed by atoms with van der Waals surface area (Å²) in [5.41, 5.74) is 0.711. The molecule has 1 aromatic carbocycles. The zero-order valence-electron chi connectivity index (χ0n) is 9.06. The number of nitrogens with zero attached hydrogens (tertiary/aromatic N) is 2. The van der Waals surface area contributed by atoms with Crippen LogP contribution in [-0.2, 0) is 0 Å². The van der Waals surface area contributed by atoms with Gasteiger partial charge >= 0.3 is 0 Å². The number of hydrogen-bond acceptors (Lipinski definition) is 1. The Labute approximate surface area is 94.5 Å². The summed E-state index contributed by atoms with van der Waals surface area (Å²) in [6.45, 7) is 3.28. The first kappa shape index (κ1) is 11.6. The highest BCUT2D eigenvalue weighted by molar-refractivity contribution is 5.38. The van der Waals surface area contributed by atoms with E-state index >= 15 is 0 Å². The number of halogens is 4. The van der Waals surface area contributed by atoms with Crippen LogP contribution >= 0.6 is 0 Å². The Kier molecular flexibility index (Phi) is 2.65. The quantitative estimate of drug-likeness (QED) is 0.428. The van der Waals surface area contributed by atoms with Gasteiger partial charge in [-0.3, -0.25) is 0 Å². The van der Waals surface area contributed by atoms with E-state index in [9.17, 15) is 17.6 Å². The predicted molar refractivity (Wildman–Crippen MR) is 52.9 cm³/mol. The summed E-state index contributed by atoms with van der Waals surface area (Å²) in [4.78, 5) is 3.87. The van der Waals surface area contributed by atoms with Crippen molar-refractivity contribution in [2.75, 3.05) is 0 Å². The summed E-state index contributed by atoms with van der Waals surface area (Å²) < 4.78 is 53.5. The zero-order chi connectivity index (χ0) is 12.7. The molecule has 0 aliphatic rings. The van der Waals surface area contributed by atoms with Crippen molar-refractivity contribution in [1.29, 1.82) is 0 Å². The minimum atomic E-state index is -1.83. The molecule has 1 aromatic heterocycles. The number of imidazole rings is 1. The SMILES string of the molecule is Cc1ncn(-c2cc(F)c(F)c(F)c2F)c1C. The summed E-state index contributed by atoms with van der Waals surface area (Å²) >= 11 is 0. The van der Waals surface area contributed by atoms with E-state index in [2.05, 4.69) is 4.98 Å². The highest BCUT2D eigenvalue weighted by Gasteiger charge is 2.20. The number of aryl methyl sites for hydroxylation is 1. The van der Waals surface area contributed by atoms with Crippen LogP contribution in [0.1, 0.15) is 11.4 Å². The average molecular weight is 244 g/mol. The monoisotopic (exact) mass is 244 g/mol. The molecule has 0 radical (unpaired) electrons. The molecule has 0 saturated carbocycles. The number of hydrogen-bond donors (Lipinski definition) is 0. The van der Waals surface area contributed by atoms with Gasteiger partial charge in [0.15, 0.2) is 23.3 Å². The van der Waals surface area contributed by atoms with Crippen LogP contribution in [0.4, 0.5) is 17.6 Å². The van der Waals surface area contributed by atoms with Crippen molar-refractivity contribution < 1.29 is 17.6 Å². The molecular formula is C11H8F4N2. The van der Waals surface area contributed by atoms with Gasteiger partial charge in [-0.05, 0) is 13.8 Å². The molecule has 0 amide bonds. The molecule has 0 N–H and O–H groups in total. The molecule has 90 valence electrons. The molecule has 2 rings (SSSR count). The van der Waals surface area contributed by atoms with Crippen molar-refractivity contribution in [3.05, 3.63) is 47.1 Å². The Morgan fingerprint density at radius 2 is 1.65 bits per heavy atom. The summed E-state index contributed by atoms with van der Waals surface area (Å²) in [6, 6.07) is 0.599. The maximum absolute atomic E-state index is 13.5. The number of benzene rings is 1. The van der Waals surface area contributed by atoms with Gasteiger partial charge in [0.1, 0.15) is 0 Å². The van der Waals surface area contributed by atoms with Crippen molar-refractivity contribution in [3.8, 4) is 5.69 Å². The highest BCUT2D eigenvalue weighted by Crippen LogP contribution is 2.23. The third kappa shape index (κ3) is 1.69. The summed E-state index contributed by atoms with van der Waals surface area (Å²) in [5.74, 6) is -6.53. The highest BCUT2D eigenvalue weighted by atomic mass is 19.2. The van der Waals surface area contributed by atoms with Crippen LogP contribution < -0.4 is 0 Å². The maximum atomic E-state index is 13.5. The van der Waals surface area contributed by atoms with Crippen molar-refractivity contribution in [1.82, 2.24) is 9.55 Å². The smallest absolute Gasteiger partial charge is 0.199 e.